The number of hydrogen-bond donors (Lipinski definition) is 2. The van der Waals surface area contributed by atoms with Gasteiger partial charge in [-0.05, 0) is 66.3 Å². The first kappa shape index (κ1) is 22.2. The van der Waals surface area contributed by atoms with Crippen LogP contribution in [0.5, 0.6) is 0 Å². The van der Waals surface area contributed by atoms with E-state index in [4.69, 9.17) is 0 Å². The maximum Gasteiger partial charge on any atom is 0.221 e. The summed E-state index contributed by atoms with van der Waals surface area (Å²) in [7, 11) is 0. The Labute approximate surface area is 183 Å². The molecule has 0 unspecified atom stereocenters. The van der Waals surface area contributed by atoms with E-state index in [1.54, 1.807) is 0 Å². The van der Waals surface area contributed by atoms with E-state index in [-0.39, 0.29) is 17.6 Å². The van der Waals surface area contributed by atoms with Gasteiger partial charge in [-0.3, -0.25) is 14.4 Å². The molecule has 0 aromatic heterocycles. The average molecular weight is 417 g/mol. The third-order valence-corrected chi connectivity index (χ3v) is 5.32. The van der Waals surface area contributed by atoms with Crippen molar-refractivity contribution in [2.24, 2.45) is 5.92 Å². The fourth-order valence-corrected chi connectivity index (χ4v) is 3.76. The number of ketones is 1. The normalized spacial score (nSPS) is 18.8. The van der Waals surface area contributed by atoms with Gasteiger partial charge in [0, 0.05) is 36.4 Å². The molecule has 0 spiro atoms. The van der Waals surface area contributed by atoms with Crippen LogP contribution in [0.2, 0.25) is 0 Å². The van der Waals surface area contributed by atoms with Gasteiger partial charge in [-0.15, -0.1) is 0 Å². The summed E-state index contributed by atoms with van der Waals surface area (Å²) in [6.45, 7) is 5.10. The second kappa shape index (κ2) is 10.0. The molecule has 0 aliphatic heterocycles. The number of rotatable bonds is 5. The van der Waals surface area contributed by atoms with Gasteiger partial charge in [-0.1, -0.05) is 37.6 Å². The van der Waals surface area contributed by atoms with Gasteiger partial charge >= 0.3 is 0 Å². The summed E-state index contributed by atoms with van der Waals surface area (Å²) < 4.78 is 0. The van der Waals surface area contributed by atoms with Gasteiger partial charge in [-0.2, -0.15) is 0 Å². The van der Waals surface area contributed by atoms with Gasteiger partial charge in [0.2, 0.25) is 11.8 Å². The highest BCUT2D eigenvalue weighted by Gasteiger charge is 2.26. The molecular weight excluding hydrogens is 388 g/mol. The molecule has 0 radical (unpaired) electrons. The molecule has 2 amide bonds. The quantitative estimate of drug-likeness (QED) is 0.636. The van der Waals surface area contributed by atoms with Crippen LogP contribution in [0.1, 0.15) is 51.2 Å². The van der Waals surface area contributed by atoms with E-state index < -0.39 is 0 Å². The monoisotopic (exact) mass is 416 g/mol. The lowest BCUT2D eigenvalue weighted by Gasteiger charge is -2.25. The second-order valence-corrected chi connectivity index (χ2v) is 7.96. The van der Waals surface area contributed by atoms with Gasteiger partial charge in [0.25, 0.3) is 0 Å². The van der Waals surface area contributed by atoms with E-state index in [9.17, 15) is 14.4 Å². The van der Waals surface area contributed by atoms with Crippen molar-refractivity contribution in [3.8, 4) is 0 Å². The van der Waals surface area contributed by atoms with Gasteiger partial charge in [0.05, 0.1) is 0 Å². The summed E-state index contributed by atoms with van der Waals surface area (Å²) in [5, 5.41) is 5.50. The molecule has 0 atom stereocenters. The molecule has 1 fully saturated rings. The summed E-state index contributed by atoms with van der Waals surface area (Å²) in [5.74, 6) is 0.285. The lowest BCUT2D eigenvalue weighted by atomic mass is 9.78. The molecule has 5 heteroatoms. The van der Waals surface area contributed by atoms with E-state index in [0.717, 1.165) is 52.9 Å². The predicted octanol–water partition coefficient (Wildman–Crippen LogP) is 5.46. The highest BCUT2D eigenvalue weighted by molar-refractivity contribution is 6.14. The van der Waals surface area contributed by atoms with Crippen LogP contribution in [0.3, 0.4) is 0 Å². The fourth-order valence-electron chi connectivity index (χ4n) is 3.76. The van der Waals surface area contributed by atoms with Crippen molar-refractivity contribution in [3.63, 3.8) is 0 Å². The van der Waals surface area contributed by atoms with Crippen molar-refractivity contribution in [1.29, 1.82) is 0 Å². The van der Waals surface area contributed by atoms with Crippen LogP contribution in [0, 0.1) is 5.92 Å². The van der Waals surface area contributed by atoms with Crippen molar-refractivity contribution in [1.82, 2.24) is 0 Å². The zero-order valence-corrected chi connectivity index (χ0v) is 18.2. The molecule has 1 aliphatic rings. The largest absolute Gasteiger partial charge is 0.326 e. The van der Waals surface area contributed by atoms with Crippen molar-refractivity contribution >= 4 is 41.1 Å². The van der Waals surface area contributed by atoms with E-state index in [1.165, 1.54) is 13.8 Å². The number of carbonyl (C=O) groups is 3. The number of nitrogens with one attached hydrogen (secondary N) is 2. The molecule has 1 saturated carbocycles. The van der Waals surface area contributed by atoms with Crippen LogP contribution < -0.4 is 10.6 Å². The molecule has 0 bridgehead atoms. The number of anilines is 2. The molecule has 5 nitrogen and oxygen atoms in total. The molecule has 2 N–H and O–H groups in total. The van der Waals surface area contributed by atoms with Crippen molar-refractivity contribution in [3.05, 3.63) is 70.8 Å². The third-order valence-electron chi connectivity index (χ3n) is 5.32. The Hall–Kier alpha value is -3.47. The Morgan fingerprint density at radius 3 is 1.52 bits per heavy atom. The summed E-state index contributed by atoms with van der Waals surface area (Å²) in [6.07, 6.45) is 6.44. The second-order valence-electron chi connectivity index (χ2n) is 7.96. The van der Waals surface area contributed by atoms with Crippen LogP contribution in [0.15, 0.2) is 59.7 Å². The minimum Gasteiger partial charge on any atom is -0.326 e. The summed E-state index contributed by atoms with van der Waals surface area (Å²) in [5.41, 5.74) is 4.97. The molecule has 31 heavy (non-hydrogen) atoms. The molecule has 1 aliphatic carbocycles. The average Bonchev–Trinajstić information content (AvgIpc) is 2.73. The van der Waals surface area contributed by atoms with Crippen LogP contribution in [-0.4, -0.2) is 17.6 Å². The number of Topliss-reactive ketones (excluding diaryl/α,β-unsaturated/α-hetero) is 1. The van der Waals surface area contributed by atoms with Gasteiger partial charge in [0.15, 0.2) is 5.78 Å². The number of benzene rings is 2. The SMILES string of the molecule is CCC1C/C(=C/c2ccc(NC(C)=O)cc2)C(=O)/C(=C\c2ccc(NC(C)=O)cc2)C1. The third kappa shape index (κ3) is 6.25. The van der Waals surface area contributed by atoms with Gasteiger partial charge < -0.3 is 10.6 Å². The Morgan fingerprint density at radius 1 is 0.806 bits per heavy atom. The molecule has 2 aromatic rings. The number of allylic oxidation sites excluding steroid dienone is 2. The first-order valence-corrected chi connectivity index (χ1v) is 10.5. The van der Waals surface area contributed by atoms with Crippen LogP contribution in [0.4, 0.5) is 11.4 Å². The van der Waals surface area contributed by atoms with Crippen LogP contribution in [-0.2, 0) is 14.4 Å². The minimum absolute atomic E-state index is 0.0848. The molecule has 0 heterocycles. The lowest BCUT2D eigenvalue weighted by Crippen LogP contribution is -2.19. The summed E-state index contributed by atoms with van der Waals surface area (Å²) in [4.78, 5) is 35.5. The smallest absolute Gasteiger partial charge is 0.221 e. The Balaban J connectivity index is 1.83. The number of hydrogen-bond acceptors (Lipinski definition) is 3. The van der Waals surface area contributed by atoms with Crippen LogP contribution >= 0.6 is 0 Å². The van der Waals surface area contributed by atoms with Crippen LogP contribution in [0.25, 0.3) is 12.2 Å². The van der Waals surface area contributed by atoms with E-state index in [1.807, 2.05) is 60.7 Å². The zero-order valence-electron chi connectivity index (χ0n) is 18.2. The first-order chi connectivity index (χ1) is 14.8. The lowest BCUT2D eigenvalue weighted by molar-refractivity contribution is -0.115. The predicted molar refractivity (Wildman–Crippen MR) is 125 cm³/mol. The number of carbonyl (C=O) groups excluding carboxylic acids is 3. The highest BCUT2D eigenvalue weighted by atomic mass is 16.2. The zero-order chi connectivity index (χ0) is 22.4. The maximum atomic E-state index is 13.2. The Morgan fingerprint density at radius 2 is 1.19 bits per heavy atom. The topological polar surface area (TPSA) is 75.3 Å². The highest BCUT2D eigenvalue weighted by Crippen LogP contribution is 2.34. The Bertz CT molecular complexity index is 950. The standard InChI is InChI=1S/C26H28N2O3/c1-4-19-13-22(15-20-5-9-24(10-6-20)27-17(2)29)26(31)23(14-19)16-21-7-11-25(12-8-21)28-18(3)30/h5-12,15-16,19H,4,13-14H2,1-3H3,(H,27,29)(H,28,30)/b22-15-,23-16-. The molecule has 3 rings (SSSR count). The minimum atomic E-state index is -0.112. The molecule has 160 valence electrons. The Kier molecular flexibility index (Phi) is 7.19. The van der Waals surface area contributed by atoms with Gasteiger partial charge in [0.1, 0.15) is 0 Å². The molecule has 2 aromatic carbocycles. The summed E-state index contributed by atoms with van der Waals surface area (Å²) >= 11 is 0. The van der Waals surface area contributed by atoms with Crippen molar-refractivity contribution < 1.29 is 14.4 Å². The van der Waals surface area contributed by atoms with E-state index in [2.05, 4.69) is 17.6 Å². The number of amides is 2. The first-order valence-electron chi connectivity index (χ1n) is 10.5. The maximum absolute atomic E-state index is 13.2. The summed E-state index contributed by atoms with van der Waals surface area (Å²) in [6, 6.07) is 15.0. The fraction of sp³-hybridized carbons (Fsp3) is 0.269. The molecular formula is C26H28N2O3. The van der Waals surface area contributed by atoms with E-state index >= 15 is 0 Å². The molecule has 0 saturated heterocycles. The van der Waals surface area contributed by atoms with E-state index in [0.29, 0.717) is 5.92 Å². The van der Waals surface area contributed by atoms with Crippen molar-refractivity contribution in [2.45, 2.75) is 40.0 Å². The van der Waals surface area contributed by atoms with Gasteiger partial charge in [-0.25, -0.2) is 0 Å². The van der Waals surface area contributed by atoms with Crippen molar-refractivity contribution in [2.75, 3.05) is 10.6 Å².